The number of aromatic nitrogens is 1. The maximum atomic E-state index is 12.9. The highest BCUT2D eigenvalue weighted by Crippen LogP contribution is 2.43. The molecule has 1 aliphatic rings. The van der Waals surface area contributed by atoms with E-state index in [1.807, 2.05) is 60.7 Å². The van der Waals surface area contributed by atoms with Crippen LogP contribution in [-0.2, 0) is 4.79 Å². The lowest BCUT2D eigenvalue weighted by Crippen LogP contribution is -2.23. The van der Waals surface area contributed by atoms with E-state index in [1.54, 1.807) is 6.20 Å². The Morgan fingerprint density at radius 2 is 1.78 bits per heavy atom. The fourth-order valence-corrected chi connectivity index (χ4v) is 3.14. The number of carbonyl (C=O) groups is 1. The minimum Gasteiger partial charge on any atom is -0.324 e. The fraction of sp³-hybridized carbons (Fsp3) is 0.200. The van der Waals surface area contributed by atoms with Crippen LogP contribution in [0.25, 0.3) is 10.9 Å². The molecule has 1 saturated carbocycles. The molecule has 1 N–H and O–H groups in total. The summed E-state index contributed by atoms with van der Waals surface area (Å²) in [5.41, 5.74) is 2.72. The van der Waals surface area contributed by atoms with Crippen molar-refractivity contribution in [3.63, 3.8) is 0 Å². The number of pyridine rings is 1. The number of carbonyl (C=O) groups excluding carboxylic acids is 1. The van der Waals surface area contributed by atoms with Crippen molar-refractivity contribution in [2.75, 3.05) is 5.32 Å². The number of nitrogens with zero attached hydrogens (tertiary/aromatic N) is 1. The molecular formula is C20H18N2O. The number of benzene rings is 2. The van der Waals surface area contributed by atoms with E-state index in [-0.39, 0.29) is 11.8 Å². The molecule has 23 heavy (non-hydrogen) atoms. The average molecular weight is 302 g/mol. The molecule has 0 spiro atoms. The van der Waals surface area contributed by atoms with Crippen LogP contribution in [0.3, 0.4) is 0 Å². The Hall–Kier alpha value is -2.68. The normalized spacial score (nSPS) is 15.3. The molecule has 2 aromatic carbocycles. The summed E-state index contributed by atoms with van der Waals surface area (Å²) in [7, 11) is 0. The largest absolute Gasteiger partial charge is 0.324 e. The summed E-state index contributed by atoms with van der Waals surface area (Å²) in [4.78, 5) is 17.3. The molecule has 1 fully saturated rings. The lowest BCUT2D eigenvalue weighted by Gasteiger charge is -2.17. The van der Waals surface area contributed by atoms with Crippen LogP contribution in [0, 0.1) is 5.92 Å². The third-order valence-corrected chi connectivity index (χ3v) is 4.43. The Bertz CT molecular complexity index is 835. The van der Waals surface area contributed by atoms with Gasteiger partial charge < -0.3 is 5.32 Å². The Morgan fingerprint density at radius 3 is 2.57 bits per heavy atom. The molecule has 3 aromatic rings. The van der Waals surface area contributed by atoms with Crippen LogP contribution in [0.15, 0.2) is 66.9 Å². The molecule has 0 aliphatic heterocycles. The summed E-state index contributed by atoms with van der Waals surface area (Å²) in [5, 5.41) is 4.14. The quantitative estimate of drug-likeness (QED) is 0.777. The van der Waals surface area contributed by atoms with Crippen molar-refractivity contribution in [1.29, 1.82) is 0 Å². The van der Waals surface area contributed by atoms with Crippen molar-refractivity contribution < 1.29 is 4.79 Å². The van der Waals surface area contributed by atoms with Gasteiger partial charge in [-0.15, -0.1) is 0 Å². The molecule has 3 nitrogen and oxygen atoms in total. The van der Waals surface area contributed by atoms with Gasteiger partial charge in [-0.2, -0.15) is 0 Å². The van der Waals surface area contributed by atoms with E-state index in [0.29, 0.717) is 5.92 Å². The maximum absolute atomic E-state index is 12.9. The summed E-state index contributed by atoms with van der Waals surface area (Å²) in [6.45, 7) is 0. The number of anilines is 1. The number of para-hydroxylation sites is 1. The van der Waals surface area contributed by atoms with Crippen LogP contribution in [0.2, 0.25) is 0 Å². The second kappa shape index (κ2) is 5.84. The van der Waals surface area contributed by atoms with Crippen molar-refractivity contribution >= 4 is 22.5 Å². The number of rotatable bonds is 4. The number of amides is 1. The third-order valence-electron chi connectivity index (χ3n) is 4.43. The first kappa shape index (κ1) is 13.9. The standard InChI is InChI=1S/C20H18N2O/c23-20(18(15-11-12-15)14-6-2-1-3-7-14)22-17-10-4-8-16-9-5-13-21-19(16)17/h1-10,13,15,18H,11-12H2,(H,22,23). The minimum absolute atomic E-state index is 0.0665. The first-order chi connectivity index (χ1) is 11.3. The molecule has 0 radical (unpaired) electrons. The first-order valence-corrected chi connectivity index (χ1v) is 8.02. The summed E-state index contributed by atoms with van der Waals surface area (Å²) in [6, 6.07) is 19.9. The van der Waals surface area contributed by atoms with Gasteiger partial charge in [0.05, 0.1) is 17.1 Å². The van der Waals surface area contributed by atoms with Gasteiger partial charge in [0.15, 0.2) is 0 Å². The molecule has 3 heteroatoms. The van der Waals surface area contributed by atoms with Gasteiger partial charge >= 0.3 is 0 Å². The monoisotopic (exact) mass is 302 g/mol. The third kappa shape index (κ3) is 2.82. The number of hydrogen-bond acceptors (Lipinski definition) is 2. The van der Waals surface area contributed by atoms with E-state index < -0.39 is 0 Å². The molecule has 0 bridgehead atoms. The van der Waals surface area contributed by atoms with Gasteiger partial charge in [-0.25, -0.2) is 0 Å². The number of hydrogen-bond donors (Lipinski definition) is 1. The van der Waals surface area contributed by atoms with Crippen LogP contribution in [0.4, 0.5) is 5.69 Å². The van der Waals surface area contributed by atoms with Gasteiger partial charge in [-0.3, -0.25) is 9.78 Å². The van der Waals surface area contributed by atoms with Crippen LogP contribution in [0.5, 0.6) is 0 Å². The van der Waals surface area contributed by atoms with E-state index >= 15 is 0 Å². The van der Waals surface area contributed by atoms with Crippen molar-refractivity contribution in [1.82, 2.24) is 4.98 Å². The molecule has 1 unspecified atom stereocenters. The van der Waals surface area contributed by atoms with Gasteiger partial charge in [0.2, 0.25) is 5.91 Å². The van der Waals surface area contributed by atoms with Crippen LogP contribution in [-0.4, -0.2) is 10.9 Å². The summed E-state index contributed by atoms with van der Waals surface area (Å²) >= 11 is 0. The fourth-order valence-electron chi connectivity index (χ4n) is 3.14. The lowest BCUT2D eigenvalue weighted by atomic mass is 9.93. The van der Waals surface area contributed by atoms with Crippen LogP contribution >= 0.6 is 0 Å². The molecule has 1 heterocycles. The minimum atomic E-state index is -0.0739. The van der Waals surface area contributed by atoms with Gasteiger partial charge in [0.1, 0.15) is 0 Å². The highest BCUT2D eigenvalue weighted by atomic mass is 16.1. The Kier molecular flexibility index (Phi) is 3.54. The summed E-state index contributed by atoms with van der Waals surface area (Å²) < 4.78 is 0. The predicted octanol–water partition coefficient (Wildman–Crippen LogP) is 4.37. The zero-order valence-electron chi connectivity index (χ0n) is 12.8. The van der Waals surface area contributed by atoms with E-state index in [9.17, 15) is 4.79 Å². The zero-order chi connectivity index (χ0) is 15.6. The maximum Gasteiger partial charge on any atom is 0.232 e. The second-order valence-corrected chi connectivity index (χ2v) is 6.10. The average Bonchev–Trinajstić information content (AvgIpc) is 3.41. The summed E-state index contributed by atoms with van der Waals surface area (Å²) in [6.07, 6.45) is 4.01. The van der Waals surface area contributed by atoms with Crippen LogP contribution < -0.4 is 5.32 Å². The van der Waals surface area contributed by atoms with Crippen molar-refractivity contribution in [3.8, 4) is 0 Å². The predicted molar refractivity (Wildman–Crippen MR) is 92.3 cm³/mol. The lowest BCUT2D eigenvalue weighted by molar-refractivity contribution is -0.118. The number of fused-ring (bicyclic) bond motifs is 1. The molecule has 0 saturated heterocycles. The Balaban J connectivity index is 1.65. The molecule has 4 rings (SSSR count). The molecule has 1 aliphatic carbocycles. The van der Waals surface area contributed by atoms with Gasteiger partial charge in [-0.1, -0.05) is 48.5 Å². The molecule has 114 valence electrons. The highest BCUT2D eigenvalue weighted by molar-refractivity contribution is 6.02. The first-order valence-electron chi connectivity index (χ1n) is 8.02. The van der Waals surface area contributed by atoms with Gasteiger partial charge in [0.25, 0.3) is 0 Å². The van der Waals surface area contributed by atoms with E-state index in [2.05, 4.69) is 10.3 Å². The van der Waals surface area contributed by atoms with E-state index in [1.165, 1.54) is 0 Å². The highest BCUT2D eigenvalue weighted by Gasteiger charge is 2.37. The molecule has 1 amide bonds. The molecule has 1 aromatic heterocycles. The second-order valence-electron chi connectivity index (χ2n) is 6.10. The number of nitrogens with one attached hydrogen (secondary N) is 1. The summed E-state index contributed by atoms with van der Waals surface area (Å²) in [5.74, 6) is 0.451. The molecule has 1 atom stereocenters. The Morgan fingerprint density at radius 1 is 1.00 bits per heavy atom. The topological polar surface area (TPSA) is 42.0 Å². The van der Waals surface area contributed by atoms with Gasteiger partial charge in [-0.05, 0) is 36.5 Å². The zero-order valence-corrected chi connectivity index (χ0v) is 12.8. The van der Waals surface area contributed by atoms with Crippen LogP contribution in [0.1, 0.15) is 24.3 Å². The Labute approximate surface area is 135 Å². The molecular weight excluding hydrogens is 284 g/mol. The SMILES string of the molecule is O=C(Nc1cccc2cccnc12)C(c1ccccc1)C1CC1. The van der Waals surface area contributed by atoms with E-state index in [0.717, 1.165) is 35.0 Å². The van der Waals surface area contributed by atoms with Gasteiger partial charge in [0, 0.05) is 11.6 Å². The van der Waals surface area contributed by atoms with Crippen molar-refractivity contribution in [2.45, 2.75) is 18.8 Å². The van der Waals surface area contributed by atoms with Crippen molar-refractivity contribution in [3.05, 3.63) is 72.4 Å². The van der Waals surface area contributed by atoms with E-state index in [4.69, 9.17) is 0 Å². The smallest absolute Gasteiger partial charge is 0.232 e. The van der Waals surface area contributed by atoms with Crippen molar-refractivity contribution in [2.24, 2.45) is 5.92 Å².